The molecule has 0 bridgehead atoms. The molecule has 0 saturated carbocycles. The first kappa shape index (κ1) is 12.3. The van der Waals surface area contributed by atoms with Gasteiger partial charge in [-0.25, -0.2) is 18.6 Å². The molecule has 1 rings (SSSR count). The Bertz CT molecular complexity index is 410. The average molecular weight is 232 g/mol. The second-order valence-electron chi connectivity index (χ2n) is 2.89. The minimum Gasteiger partial charge on any atom is -0.495 e. The number of carboxylic acids is 1. The molecule has 1 aromatic rings. The van der Waals surface area contributed by atoms with Gasteiger partial charge in [0.15, 0.2) is 5.69 Å². The molecule has 0 saturated heterocycles. The summed E-state index contributed by atoms with van der Waals surface area (Å²) in [6.45, 7) is -0.117. The van der Waals surface area contributed by atoms with E-state index in [1.807, 2.05) is 0 Å². The van der Waals surface area contributed by atoms with E-state index in [1.54, 1.807) is 0 Å². The fourth-order valence-corrected chi connectivity index (χ4v) is 1.21. The van der Waals surface area contributed by atoms with Gasteiger partial charge in [-0.15, -0.1) is 0 Å². The van der Waals surface area contributed by atoms with Crippen LogP contribution < -0.4 is 10.5 Å². The van der Waals surface area contributed by atoms with Crippen molar-refractivity contribution in [2.75, 3.05) is 7.11 Å². The Morgan fingerprint density at radius 3 is 2.69 bits per heavy atom. The molecule has 1 aromatic heterocycles. The van der Waals surface area contributed by atoms with Crippen LogP contribution in [0, 0.1) is 0 Å². The maximum atomic E-state index is 12.5. The smallest absolute Gasteiger partial charge is 0.354 e. The predicted molar refractivity (Wildman–Crippen MR) is 50.6 cm³/mol. The molecule has 3 N–H and O–H groups in total. The van der Waals surface area contributed by atoms with Gasteiger partial charge in [0.1, 0.15) is 11.4 Å². The molecule has 0 aromatic carbocycles. The largest absolute Gasteiger partial charge is 0.495 e. The van der Waals surface area contributed by atoms with E-state index in [9.17, 15) is 13.6 Å². The molecular weight excluding hydrogens is 222 g/mol. The molecule has 1 heterocycles. The third-order valence-electron chi connectivity index (χ3n) is 1.94. The van der Waals surface area contributed by atoms with Crippen molar-refractivity contribution in [1.82, 2.24) is 4.98 Å². The quantitative estimate of drug-likeness (QED) is 0.814. The van der Waals surface area contributed by atoms with Gasteiger partial charge in [-0.3, -0.25) is 0 Å². The summed E-state index contributed by atoms with van der Waals surface area (Å²) in [5.41, 5.74) is 4.27. The van der Waals surface area contributed by atoms with E-state index in [2.05, 4.69) is 4.98 Å². The van der Waals surface area contributed by atoms with E-state index >= 15 is 0 Å². The van der Waals surface area contributed by atoms with Gasteiger partial charge in [-0.05, 0) is 6.07 Å². The summed E-state index contributed by atoms with van der Waals surface area (Å²) in [4.78, 5) is 14.1. The lowest BCUT2D eigenvalue weighted by molar-refractivity contribution is 0.0687. The minimum absolute atomic E-state index is 0.117. The Morgan fingerprint density at radius 1 is 1.69 bits per heavy atom. The minimum atomic E-state index is -2.90. The van der Waals surface area contributed by atoms with E-state index < -0.39 is 23.8 Å². The third kappa shape index (κ3) is 2.25. The molecule has 0 aliphatic rings. The van der Waals surface area contributed by atoms with E-state index in [4.69, 9.17) is 15.6 Å². The Labute approximate surface area is 89.9 Å². The number of carboxylic acid groups (broad SMARTS) is 1. The highest BCUT2D eigenvalue weighted by Crippen LogP contribution is 2.28. The van der Waals surface area contributed by atoms with Gasteiger partial charge in [0, 0.05) is 12.1 Å². The van der Waals surface area contributed by atoms with E-state index in [0.717, 1.165) is 6.07 Å². The van der Waals surface area contributed by atoms with E-state index in [1.165, 1.54) is 7.11 Å². The van der Waals surface area contributed by atoms with Gasteiger partial charge in [0.05, 0.1) is 7.11 Å². The highest BCUT2D eigenvalue weighted by atomic mass is 19.3. The molecule has 0 amide bonds. The number of hydrogen-bond acceptors (Lipinski definition) is 4. The van der Waals surface area contributed by atoms with Crippen molar-refractivity contribution >= 4 is 5.97 Å². The number of pyridine rings is 1. The number of carbonyl (C=O) groups is 1. The second-order valence-corrected chi connectivity index (χ2v) is 2.89. The fraction of sp³-hybridized carbons (Fsp3) is 0.333. The highest BCUT2D eigenvalue weighted by Gasteiger charge is 2.21. The lowest BCUT2D eigenvalue weighted by Crippen LogP contribution is -2.12. The lowest BCUT2D eigenvalue weighted by atomic mass is 10.1. The van der Waals surface area contributed by atoms with Gasteiger partial charge < -0.3 is 15.6 Å². The van der Waals surface area contributed by atoms with Crippen molar-refractivity contribution in [2.45, 2.75) is 13.0 Å². The molecule has 0 radical (unpaired) electrons. The summed E-state index contributed by atoms with van der Waals surface area (Å²) in [5, 5.41) is 8.76. The molecule has 0 fully saturated rings. The van der Waals surface area contributed by atoms with Crippen molar-refractivity contribution in [1.29, 1.82) is 0 Å². The number of aromatic nitrogens is 1. The average Bonchev–Trinajstić information content (AvgIpc) is 2.26. The van der Waals surface area contributed by atoms with Crippen LogP contribution >= 0.6 is 0 Å². The van der Waals surface area contributed by atoms with Crippen molar-refractivity contribution < 1.29 is 23.4 Å². The Kier molecular flexibility index (Phi) is 3.73. The molecule has 16 heavy (non-hydrogen) atoms. The van der Waals surface area contributed by atoms with Crippen LogP contribution in [0.25, 0.3) is 0 Å². The van der Waals surface area contributed by atoms with Gasteiger partial charge in [-0.2, -0.15) is 0 Å². The van der Waals surface area contributed by atoms with Crippen molar-refractivity contribution in [3.8, 4) is 5.75 Å². The molecule has 0 atom stereocenters. The van der Waals surface area contributed by atoms with Crippen LogP contribution in [0.3, 0.4) is 0 Å². The summed E-state index contributed by atoms with van der Waals surface area (Å²) >= 11 is 0. The highest BCUT2D eigenvalue weighted by molar-refractivity contribution is 5.87. The Morgan fingerprint density at radius 2 is 2.31 bits per heavy atom. The SMILES string of the molecule is COc1cc(CN)c(C(=O)O)nc1C(F)F. The molecular formula is C9H10F2N2O3. The van der Waals surface area contributed by atoms with E-state index in [-0.39, 0.29) is 17.9 Å². The maximum Gasteiger partial charge on any atom is 0.354 e. The van der Waals surface area contributed by atoms with Gasteiger partial charge in [0.25, 0.3) is 6.43 Å². The number of ether oxygens (including phenoxy) is 1. The number of nitrogens with zero attached hydrogens (tertiary/aromatic N) is 1. The van der Waals surface area contributed by atoms with Crippen LogP contribution in [0.5, 0.6) is 5.75 Å². The zero-order valence-corrected chi connectivity index (χ0v) is 8.41. The number of nitrogens with two attached hydrogens (primary N) is 1. The zero-order valence-electron chi connectivity index (χ0n) is 8.41. The van der Waals surface area contributed by atoms with Crippen LogP contribution in [-0.4, -0.2) is 23.2 Å². The molecule has 0 spiro atoms. The normalized spacial score (nSPS) is 10.6. The van der Waals surface area contributed by atoms with Crippen LogP contribution in [-0.2, 0) is 6.54 Å². The van der Waals surface area contributed by atoms with Crippen LogP contribution in [0.15, 0.2) is 6.07 Å². The van der Waals surface area contributed by atoms with Gasteiger partial charge >= 0.3 is 5.97 Å². The van der Waals surface area contributed by atoms with Crippen LogP contribution in [0.4, 0.5) is 8.78 Å². The first-order valence-corrected chi connectivity index (χ1v) is 4.30. The van der Waals surface area contributed by atoms with Crippen LogP contribution in [0.1, 0.15) is 28.2 Å². The van der Waals surface area contributed by atoms with Gasteiger partial charge in [-0.1, -0.05) is 0 Å². The topological polar surface area (TPSA) is 85.4 Å². The van der Waals surface area contributed by atoms with Gasteiger partial charge in [0.2, 0.25) is 0 Å². The number of hydrogen-bond donors (Lipinski definition) is 2. The molecule has 7 heteroatoms. The van der Waals surface area contributed by atoms with Crippen molar-refractivity contribution in [2.24, 2.45) is 5.73 Å². The molecule has 0 unspecified atom stereocenters. The third-order valence-corrected chi connectivity index (χ3v) is 1.94. The molecule has 88 valence electrons. The summed E-state index contributed by atoms with van der Waals surface area (Å²) in [6, 6.07) is 1.16. The number of halogens is 2. The number of methoxy groups -OCH3 is 1. The molecule has 5 nitrogen and oxygen atoms in total. The first-order chi connectivity index (χ1) is 7.51. The van der Waals surface area contributed by atoms with E-state index in [0.29, 0.717) is 0 Å². The zero-order chi connectivity index (χ0) is 12.3. The maximum absolute atomic E-state index is 12.5. The van der Waals surface area contributed by atoms with Crippen molar-refractivity contribution in [3.05, 3.63) is 23.0 Å². The molecule has 0 aliphatic carbocycles. The summed E-state index contributed by atoms with van der Waals surface area (Å²) in [5.74, 6) is -1.56. The number of alkyl halides is 2. The Balaban J connectivity index is 3.40. The molecule has 0 aliphatic heterocycles. The second kappa shape index (κ2) is 4.84. The predicted octanol–water partition coefficient (Wildman–Crippen LogP) is 1.18. The summed E-state index contributed by atoms with van der Waals surface area (Å²) in [6.07, 6.45) is -2.90. The fourth-order valence-electron chi connectivity index (χ4n) is 1.21. The lowest BCUT2D eigenvalue weighted by Gasteiger charge is -2.10. The Hall–Kier alpha value is -1.76. The monoisotopic (exact) mass is 232 g/mol. The summed E-state index contributed by atoms with van der Waals surface area (Å²) in [7, 11) is 1.20. The summed E-state index contributed by atoms with van der Waals surface area (Å²) < 4.78 is 29.7. The number of aromatic carboxylic acids is 1. The number of rotatable bonds is 4. The standard InChI is InChI=1S/C9H10F2N2O3/c1-16-5-2-4(3-12)6(9(14)15)13-7(5)8(10)11/h2,8H,3,12H2,1H3,(H,14,15). The van der Waals surface area contributed by atoms with Crippen molar-refractivity contribution in [3.63, 3.8) is 0 Å². The van der Waals surface area contributed by atoms with Crippen LogP contribution in [0.2, 0.25) is 0 Å². The first-order valence-electron chi connectivity index (χ1n) is 4.30.